The summed E-state index contributed by atoms with van der Waals surface area (Å²) in [6.07, 6.45) is 0. The highest BCUT2D eigenvalue weighted by molar-refractivity contribution is 5.52. The Morgan fingerprint density at radius 2 is 1.29 bits per heavy atom. The van der Waals surface area contributed by atoms with Gasteiger partial charge in [-0.15, -0.1) is 0 Å². The lowest BCUT2D eigenvalue weighted by molar-refractivity contribution is 0.0959. The van der Waals surface area contributed by atoms with Crippen molar-refractivity contribution in [2.24, 2.45) is 0 Å². The second-order valence-corrected chi connectivity index (χ2v) is 6.14. The Morgan fingerprint density at radius 3 is 1.76 bits per heavy atom. The number of rotatable bonds is 2. The van der Waals surface area contributed by atoms with Gasteiger partial charge in [0.2, 0.25) is 0 Å². The summed E-state index contributed by atoms with van der Waals surface area (Å²) in [5, 5.41) is 0. The van der Waals surface area contributed by atoms with Crippen LogP contribution in [0.25, 0.3) is 0 Å². The lowest BCUT2D eigenvalue weighted by Gasteiger charge is -2.27. The fourth-order valence-electron chi connectivity index (χ4n) is 1.35. The Balaban J connectivity index is 3.04. The Labute approximate surface area is 104 Å². The van der Waals surface area contributed by atoms with E-state index < -0.39 is 0 Å². The molecule has 3 nitrogen and oxygen atoms in total. The Kier molecular flexibility index (Phi) is 3.60. The van der Waals surface area contributed by atoms with Gasteiger partial charge in [0.25, 0.3) is 0 Å². The second-order valence-electron chi connectivity index (χ2n) is 6.14. The van der Waals surface area contributed by atoms with Gasteiger partial charge < -0.3 is 15.2 Å². The monoisotopic (exact) mass is 237 g/mol. The summed E-state index contributed by atoms with van der Waals surface area (Å²) in [5.41, 5.74) is 5.91. The fraction of sp³-hybridized carbons (Fsp3) is 0.571. The summed E-state index contributed by atoms with van der Waals surface area (Å²) in [6.45, 7) is 12.0. The molecule has 0 aliphatic carbocycles. The molecule has 0 spiro atoms. The quantitative estimate of drug-likeness (QED) is 0.799. The van der Waals surface area contributed by atoms with Gasteiger partial charge in [-0.05, 0) is 53.7 Å². The fourth-order valence-corrected chi connectivity index (χ4v) is 1.35. The minimum atomic E-state index is -0.274. The Bertz CT molecular complexity index is 386. The molecule has 0 heterocycles. The van der Waals surface area contributed by atoms with Gasteiger partial charge in [-0.3, -0.25) is 0 Å². The second kappa shape index (κ2) is 4.47. The number of anilines is 1. The van der Waals surface area contributed by atoms with Crippen molar-refractivity contribution in [1.82, 2.24) is 0 Å². The molecule has 0 saturated heterocycles. The number of nitrogen functional groups attached to an aromatic ring is 1. The molecule has 0 atom stereocenters. The zero-order valence-corrected chi connectivity index (χ0v) is 11.6. The maximum Gasteiger partial charge on any atom is 0.164 e. The maximum atomic E-state index is 5.85. The molecule has 0 bridgehead atoms. The van der Waals surface area contributed by atoms with E-state index >= 15 is 0 Å². The van der Waals surface area contributed by atoms with Crippen molar-refractivity contribution in [1.29, 1.82) is 0 Å². The smallest absolute Gasteiger partial charge is 0.164 e. The minimum absolute atomic E-state index is 0.258. The van der Waals surface area contributed by atoms with Crippen LogP contribution in [0.3, 0.4) is 0 Å². The molecule has 96 valence electrons. The molecule has 3 heteroatoms. The van der Waals surface area contributed by atoms with E-state index in [1.54, 1.807) is 6.07 Å². The van der Waals surface area contributed by atoms with Crippen molar-refractivity contribution in [2.75, 3.05) is 5.73 Å². The summed E-state index contributed by atoms with van der Waals surface area (Å²) < 4.78 is 11.7. The zero-order chi connectivity index (χ0) is 13.3. The molecule has 0 saturated carbocycles. The maximum absolute atomic E-state index is 5.85. The summed E-state index contributed by atoms with van der Waals surface area (Å²) >= 11 is 0. The molecule has 0 aromatic heterocycles. The van der Waals surface area contributed by atoms with E-state index in [4.69, 9.17) is 15.2 Å². The van der Waals surface area contributed by atoms with E-state index in [0.717, 1.165) is 5.75 Å². The van der Waals surface area contributed by atoms with Crippen LogP contribution in [0.5, 0.6) is 11.5 Å². The highest BCUT2D eigenvalue weighted by Gasteiger charge is 2.19. The lowest BCUT2D eigenvalue weighted by atomic mass is 10.1. The molecule has 1 aromatic carbocycles. The first kappa shape index (κ1) is 13.7. The largest absolute Gasteiger partial charge is 0.484 e. The lowest BCUT2D eigenvalue weighted by Crippen LogP contribution is -2.26. The summed E-state index contributed by atoms with van der Waals surface area (Å²) in [4.78, 5) is 0. The summed E-state index contributed by atoms with van der Waals surface area (Å²) in [7, 11) is 0. The van der Waals surface area contributed by atoms with E-state index in [9.17, 15) is 0 Å². The zero-order valence-electron chi connectivity index (χ0n) is 11.6. The van der Waals surface area contributed by atoms with Crippen LogP contribution in [-0.4, -0.2) is 11.2 Å². The van der Waals surface area contributed by atoms with Crippen molar-refractivity contribution in [3.63, 3.8) is 0 Å². The van der Waals surface area contributed by atoms with E-state index in [-0.39, 0.29) is 11.2 Å². The molecule has 0 radical (unpaired) electrons. The molecule has 1 aromatic rings. The number of benzene rings is 1. The number of hydrogen-bond acceptors (Lipinski definition) is 3. The molecule has 0 aliphatic heterocycles. The van der Waals surface area contributed by atoms with Crippen molar-refractivity contribution in [3.8, 4) is 11.5 Å². The molecule has 2 N–H and O–H groups in total. The van der Waals surface area contributed by atoms with Gasteiger partial charge in [-0.2, -0.15) is 0 Å². The third kappa shape index (κ3) is 4.98. The SMILES string of the molecule is CC(C)(C)Oc1ccc(N)cc1OC(C)(C)C. The van der Waals surface area contributed by atoms with Crippen LogP contribution < -0.4 is 15.2 Å². The Hall–Kier alpha value is -1.38. The molecule has 1 rings (SSSR count). The first-order valence-corrected chi connectivity index (χ1v) is 5.84. The standard InChI is InChI=1S/C14H23NO2/c1-13(2,3)16-11-8-7-10(15)9-12(11)17-14(4,5)6/h7-9H,15H2,1-6H3. The van der Waals surface area contributed by atoms with E-state index in [1.165, 1.54) is 0 Å². The van der Waals surface area contributed by atoms with Crippen LogP contribution in [0.15, 0.2) is 18.2 Å². The molecule has 0 aliphatic rings. The number of nitrogens with two attached hydrogens (primary N) is 1. The third-order valence-corrected chi connectivity index (χ3v) is 1.80. The van der Waals surface area contributed by atoms with Gasteiger partial charge in [0, 0.05) is 11.8 Å². The van der Waals surface area contributed by atoms with E-state index in [2.05, 4.69) is 0 Å². The first-order chi connectivity index (χ1) is 7.57. The normalized spacial score (nSPS) is 12.4. The number of hydrogen-bond donors (Lipinski definition) is 1. The molecule has 0 unspecified atom stereocenters. The van der Waals surface area contributed by atoms with Crippen LogP contribution >= 0.6 is 0 Å². The molecular formula is C14H23NO2. The predicted octanol–water partition coefficient (Wildman–Crippen LogP) is 3.62. The van der Waals surface area contributed by atoms with Crippen molar-refractivity contribution < 1.29 is 9.47 Å². The minimum Gasteiger partial charge on any atom is -0.484 e. The molecule has 17 heavy (non-hydrogen) atoms. The average Bonchev–Trinajstić information content (AvgIpc) is 2.05. The van der Waals surface area contributed by atoms with Crippen LogP contribution in [-0.2, 0) is 0 Å². The van der Waals surface area contributed by atoms with Crippen LogP contribution in [0.1, 0.15) is 41.5 Å². The topological polar surface area (TPSA) is 44.5 Å². The van der Waals surface area contributed by atoms with Gasteiger partial charge in [0.05, 0.1) is 0 Å². The summed E-state index contributed by atoms with van der Waals surface area (Å²) in [5.74, 6) is 1.41. The van der Waals surface area contributed by atoms with Crippen molar-refractivity contribution in [2.45, 2.75) is 52.7 Å². The van der Waals surface area contributed by atoms with Gasteiger partial charge >= 0.3 is 0 Å². The van der Waals surface area contributed by atoms with Crippen LogP contribution in [0, 0.1) is 0 Å². The van der Waals surface area contributed by atoms with E-state index in [1.807, 2.05) is 53.7 Å². The Morgan fingerprint density at radius 1 is 0.824 bits per heavy atom. The third-order valence-electron chi connectivity index (χ3n) is 1.80. The highest BCUT2D eigenvalue weighted by atomic mass is 16.5. The van der Waals surface area contributed by atoms with Crippen LogP contribution in [0.2, 0.25) is 0 Å². The molecular weight excluding hydrogens is 214 g/mol. The predicted molar refractivity (Wildman–Crippen MR) is 71.6 cm³/mol. The van der Waals surface area contributed by atoms with Gasteiger partial charge in [0.1, 0.15) is 11.2 Å². The van der Waals surface area contributed by atoms with Crippen LogP contribution in [0.4, 0.5) is 5.69 Å². The molecule has 0 fully saturated rings. The summed E-state index contributed by atoms with van der Waals surface area (Å²) in [6, 6.07) is 5.46. The first-order valence-electron chi connectivity index (χ1n) is 5.84. The van der Waals surface area contributed by atoms with E-state index in [0.29, 0.717) is 11.4 Å². The van der Waals surface area contributed by atoms with Crippen molar-refractivity contribution in [3.05, 3.63) is 18.2 Å². The van der Waals surface area contributed by atoms with Gasteiger partial charge in [-0.1, -0.05) is 0 Å². The van der Waals surface area contributed by atoms with Crippen molar-refractivity contribution >= 4 is 5.69 Å². The molecule has 0 amide bonds. The van der Waals surface area contributed by atoms with Gasteiger partial charge in [0.15, 0.2) is 11.5 Å². The number of ether oxygens (including phenoxy) is 2. The van der Waals surface area contributed by atoms with Gasteiger partial charge in [-0.25, -0.2) is 0 Å². The average molecular weight is 237 g/mol. The highest BCUT2D eigenvalue weighted by Crippen LogP contribution is 2.34.